The van der Waals surface area contributed by atoms with Crippen LogP contribution in [0.1, 0.15) is 0 Å². The smallest absolute Gasteiger partial charge is 0.00139 e. The average Bonchev–Trinajstić information content (AvgIpc) is 3.37. The summed E-state index contributed by atoms with van der Waals surface area (Å²) in [6, 6.07) is 64.6. The van der Waals surface area contributed by atoms with Gasteiger partial charge in [0.25, 0.3) is 0 Å². The summed E-state index contributed by atoms with van der Waals surface area (Å²) in [7, 11) is 0. The molecule has 0 aliphatic carbocycles. The van der Waals surface area contributed by atoms with E-state index in [0.717, 1.165) is 0 Å². The summed E-state index contributed by atoms with van der Waals surface area (Å²) < 4.78 is 0. The monoisotopic (exact) mass is 628 g/mol. The topological polar surface area (TPSA) is 0 Å². The second-order valence-electron chi connectivity index (χ2n) is 13.9. The Hall–Kier alpha value is -6.50. The first-order chi connectivity index (χ1) is 24.8. The summed E-state index contributed by atoms with van der Waals surface area (Å²) in [5.41, 5.74) is 0. The van der Waals surface area contributed by atoms with Crippen LogP contribution in [-0.4, -0.2) is 0 Å². The zero-order valence-electron chi connectivity index (χ0n) is 27.2. The SMILES string of the molecule is c1ccc2c(c1)c1cc3c4cc1c1ccccc1c1cc5c(cc21)c1ccccc1c(c1ccccc51)c(c1ccccc31)c1ccccc41. The Balaban J connectivity index is 1.69. The van der Waals surface area contributed by atoms with Crippen LogP contribution in [0.25, 0.3) is 118 Å². The Kier molecular flexibility index (Phi) is 5.06. The van der Waals surface area contributed by atoms with E-state index in [4.69, 9.17) is 0 Å². The maximum atomic E-state index is 2.51. The molecule has 0 saturated heterocycles. The zero-order chi connectivity index (χ0) is 32.5. The van der Waals surface area contributed by atoms with Gasteiger partial charge in [0, 0.05) is 0 Å². The maximum Gasteiger partial charge on any atom is -0.00139 e. The third kappa shape index (κ3) is 3.31. The van der Waals surface area contributed by atoms with E-state index in [-0.39, 0.29) is 0 Å². The summed E-state index contributed by atoms with van der Waals surface area (Å²) in [6.07, 6.45) is 0. The van der Waals surface area contributed by atoms with Crippen molar-refractivity contribution in [1.82, 2.24) is 0 Å². The third-order valence-electron chi connectivity index (χ3n) is 11.5. The van der Waals surface area contributed by atoms with Crippen molar-refractivity contribution in [2.45, 2.75) is 0 Å². The quantitative estimate of drug-likeness (QED) is 0.157. The molecule has 0 spiro atoms. The lowest BCUT2D eigenvalue weighted by Crippen LogP contribution is -1.85. The van der Waals surface area contributed by atoms with Crippen LogP contribution in [0, 0.1) is 0 Å². The molecule has 0 N–H and O–H groups in total. The largest absolute Gasteiger partial charge is 0.0616 e. The first kappa shape index (κ1) is 26.5. The molecule has 0 amide bonds. The minimum Gasteiger partial charge on any atom is -0.0616 e. The Labute approximate surface area is 287 Å². The highest BCUT2D eigenvalue weighted by molar-refractivity contribution is 6.40. The maximum absolute atomic E-state index is 2.51. The van der Waals surface area contributed by atoms with Crippen molar-refractivity contribution in [2.75, 3.05) is 0 Å². The molecule has 0 aliphatic rings. The molecule has 0 heteroatoms. The molecule has 0 heterocycles. The first-order valence-corrected chi connectivity index (χ1v) is 17.5. The van der Waals surface area contributed by atoms with Crippen LogP contribution in [0.4, 0.5) is 0 Å². The molecular weight excluding hydrogens is 601 g/mol. The summed E-state index contributed by atoms with van der Waals surface area (Å²) >= 11 is 0. The molecule has 10 bridgehead atoms. The van der Waals surface area contributed by atoms with Crippen LogP contribution in [0.2, 0.25) is 0 Å². The van der Waals surface area contributed by atoms with E-state index in [1.807, 2.05) is 0 Å². The molecule has 50 heavy (non-hydrogen) atoms. The van der Waals surface area contributed by atoms with Crippen molar-refractivity contribution in [3.8, 4) is 0 Å². The van der Waals surface area contributed by atoms with Crippen molar-refractivity contribution in [2.24, 2.45) is 0 Å². The van der Waals surface area contributed by atoms with Gasteiger partial charge < -0.3 is 0 Å². The molecule has 228 valence electrons. The van der Waals surface area contributed by atoms with Gasteiger partial charge in [-0.05, 0) is 143 Å². The Morgan fingerprint density at radius 2 is 0.280 bits per heavy atom. The van der Waals surface area contributed by atoms with Crippen LogP contribution < -0.4 is 0 Å². The van der Waals surface area contributed by atoms with Crippen molar-refractivity contribution in [1.29, 1.82) is 0 Å². The van der Waals surface area contributed by atoms with Gasteiger partial charge in [0.05, 0.1) is 0 Å². The minimum absolute atomic E-state index is 1.27. The molecule has 13 aromatic rings. The van der Waals surface area contributed by atoms with Gasteiger partial charge >= 0.3 is 0 Å². The van der Waals surface area contributed by atoms with Gasteiger partial charge in [0.2, 0.25) is 0 Å². The zero-order valence-corrected chi connectivity index (χ0v) is 27.2. The fourth-order valence-electron chi connectivity index (χ4n) is 9.46. The molecule has 0 unspecified atom stereocenters. The number of rotatable bonds is 0. The van der Waals surface area contributed by atoms with E-state index < -0.39 is 0 Å². The molecule has 13 aromatic carbocycles. The van der Waals surface area contributed by atoms with E-state index >= 15 is 0 Å². The fraction of sp³-hybridized carbons (Fsp3) is 0. The second-order valence-corrected chi connectivity index (χ2v) is 13.9. The van der Waals surface area contributed by atoms with Crippen molar-refractivity contribution >= 4 is 118 Å². The lowest BCUT2D eigenvalue weighted by Gasteiger charge is -2.13. The minimum atomic E-state index is 1.27. The van der Waals surface area contributed by atoms with Crippen molar-refractivity contribution < 1.29 is 0 Å². The average molecular weight is 629 g/mol. The summed E-state index contributed by atoms with van der Waals surface area (Å²) in [6.45, 7) is 0. The predicted octanol–water partition coefficient (Wildman–Crippen LogP) is 14.4. The molecule has 0 radical (unpaired) electrons. The van der Waals surface area contributed by atoms with Crippen LogP contribution in [0.5, 0.6) is 0 Å². The molecule has 13 rings (SSSR count). The van der Waals surface area contributed by atoms with E-state index in [1.54, 1.807) is 0 Å². The van der Waals surface area contributed by atoms with E-state index in [2.05, 4.69) is 170 Å². The highest BCUT2D eigenvalue weighted by atomic mass is 14.2. The lowest BCUT2D eigenvalue weighted by atomic mass is 9.90. The molecular formula is C50H28. The Morgan fingerprint density at radius 1 is 0.140 bits per heavy atom. The van der Waals surface area contributed by atoms with Crippen LogP contribution >= 0.6 is 0 Å². The Bertz CT molecular complexity index is 3010. The van der Waals surface area contributed by atoms with Crippen LogP contribution in [-0.2, 0) is 0 Å². The standard InChI is InChI=1S/C50H28/c1-2-14-30-29(13-1)41-25-45-33-17-5-9-21-37(33)49-39-23-11-7-19-35(39)47(45)27-43(41)31-15-3-4-16-32(31)44-28-48-36-20-8-12-24-40(36)50(49)38-22-10-6-18-34(38)46(48)26-42(30)44/h1-28H. The van der Waals surface area contributed by atoms with Gasteiger partial charge in [-0.2, -0.15) is 0 Å². The van der Waals surface area contributed by atoms with E-state index in [0.29, 0.717) is 0 Å². The lowest BCUT2D eigenvalue weighted by molar-refractivity contribution is 1.81. The summed E-state index contributed by atoms with van der Waals surface area (Å²) in [4.78, 5) is 0. The molecule has 0 atom stereocenters. The highest BCUT2D eigenvalue weighted by Gasteiger charge is 2.18. The van der Waals surface area contributed by atoms with Gasteiger partial charge in [-0.3, -0.25) is 0 Å². The predicted molar refractivity (Wildman–Crippen MR) is 219 cm³/mol. The summed E-state index contributed by atoms with van der Waals surface area (Å²) in [5, 5.41) is 28.0. The van der Waals surface area contributed by atoms with Gasteiger partial charge in [-0.25, -0.2) is 0 Å². The highest BCUT2D eigenvalue weighted by Crippen LogP contribution is 2.47. The molecule has 0 aromatic heterocycles. The van der Waals surface area contributed by atoms with Crippen LogP contribution in [0.15, 0.2) is 170 Å². The van der Waals surface area contributed by atoms with Crippen molar-refractivity contribution in [3.63, 3.8) is 0 Å². The number of hydrogen-bond acceptors (Lipinski definition) is 0. The molecule has 0 nitrogen and oxygen atoms in total. The van der Waals surface area contributed by atoms with E-state index in [1.165, 1.54) is 118 Å². The second kappa shape index (κ2) is 9.56. The molecule has 0 saturated carbocycles. The summed E-state index contributed by atoms with van der Waals surface area (Å²) in [5.74, 6) is 0. The van der Waals surface area contributed by atoms with Crippen molar-refractivity contribution in [3.05, 3.63) is 170 Å². The van der Waals surface area contributed by atoms with Gasteiger partial charge in [-0.15, -0.1) is 0 Å². The van der Waals surface area contributed by atoms with E-state index in [9.17, 15) is 0 Å². The number of hydrogen-bond donors (Lipinski definition) is 0. The Morgan fingerprint density at radius 3 is 0.460 bits per heavy atom. The number of benzene rings is 8. The van der Waals surface area contributed by atoms with Crippen LogP contribution in [0.3, 0.4) is 0 Å². The first-order valence-electron chi connectivity index (χ1n) is 17.5. The molecule has 0 fully saturated rings. The molecule has 0 aliphatic heterocycles. The van der Waals surface area contributed by atoms with Gasteiger partial charge in [-0.1, -0.05) is 146 Å². The third-order valence-corrected chi connectivity index (χ3v) is 11.5. The van der Waals surface area contributed by atoms with Gasteiger partial charge in [0.15, 0.2) is 0 Å². The normalized spacial score (nSPS) is 12.4. The fourth-order valence-corrected chi connectivity index (χ4v) is 9.46. The van der Waals surface area contributed by atoms with Gasteiger partial charge in [0.1, 0.15) is 0 Å².